The second-order valence-electron chi connectivity index (χ2n) is 5.38. The van der Waals surface area contributed by atoms with Crippen LogP contribution in [0.5, 0.6) is 5.75 Å². The molecular weight excluding hydrogens is 352 g/mol. The molecule has 25 heavy (non-hydrogen) atoms. The van der Waals surface area contributed by atoms with Crippen LogP contribution in [0.2, 0.25) is 0 Å². The van der Waals surface area contributed by atoms with Crippen LogP contribution in [0.3, 0.4) is 0 Å². The van der Waals surface area contributed by atoms with Gasteiger partial charge in [0.1, 0.15) is 11.0 Å². The summed E-state index contributed by atoms with van der Waals surface area (Å²) in [4.78, 5) is 17.4. The molecule has 0 aliphatic heterocycles. The Hall–Kier alpha value is -2.31. The summed E-state index contributed by atoms with van der Waals surface area (Å²) in [6.45, 7) is 1.95. The van der Waals surface area contributed by atoms with Crippen molar-refractivity contribution in [1.29, 1.82) is 0 Å². The highest BCUT2D eigenvalue weighted by Crippen LogP contribution is 2.37. The van der Waals surface area contributed by atoms with Gasteiger partial charge in [0.2, 0.25) is 5.91 Å². The molecule has 0 aliphatic rings. The number of methoxy groups -OCH3 is 1. The maximum absolute atomic E-state index is 12.9. The van der Waals surface area contributed by atoms with Crippen LogP contribution in [0.25, 0.3) is 0 Å². The van der Waals surface area contributed by atoms with Crippen LogP contribution in [0.1, 0.15) is 16.5 Å². The van der Waals surface area contributed by atoms with Crippen molar-refractivity contribution in [2.75, 3.05) is 12.4 Å². The lowest BCUT2D eigenvalue weighted by molar-refractivity contribution is -0.115. The summed E-state index contributed by atoms with van der Waals surface area (Å²) in [5.41, 5.74) is 2.62. The fourth-order valence-corrected chi connectivity index (χ4v) is 4.33. The van der Waals surface area contributed by atoms with Crippen molar-refractivity contribution in [3.05, 3.63) is 71.2 Å². The molecular formula is C19H18N2O2S2. The number of carbonyl (C=O) groups is 1. The van der Waals surface area contributed by atoms with Crippen LogP contribution in [-0.2, 0) is 4.79 Å². The van der Waals surface area contributed by atoms with Crippen molar-refractivity contribution >= 4 is 34.7 Å². The summed E-state index contributed by atoms with van der Waals surface area (Å²) in [5.74, 6) is 0.620. The quantitative estimate of drug-likeness (QED) is 0.625. The second kappa shape index (κ2) is 8.18. The van der Waals surface area contributed by atoms with Gasteiger partial charge in [-0.05, 0) is 24.6 Å². The van der Waals surface area contributed by atoms with Crippen LogP contribution < -0.4 is 10.1 Å². The number of hydrogen-bond donors (Lipinski definition) is 1. The van der Waals surface area contributed by atoms with Gasteiger partial charge < -0.3 is 10.1 Å². The van der Waals surface area contributed by atoms with Gasteiger partial charge >= 0.3 is 0 Å². The summed E-state index contributed by atoms with van der Waals surface area (Å²) < 4.78 is 6.10. The minimum Gasteiger partial charge on any atom is -0.497 e. The Kier molecular flexibility index (Phi) is 5.73. The van der Waals surface area contributed by atoms with Gasteiger partial charge in [-0.2, -0.15) is 0 Å². The van der Waals surface area contributed by atoms with Crippen LogP contribution in [0.4, 0.5) is 5.69 Å². The van der Waals surface area contributed by atoms with Crippen LogP contribution in [0, 0.1) is 6.92 Å². The van der Waals surface area contributed by atoms with Crippen LogP contribution in [-0.4, -0.2) is 18.0 Å². The lowest BCUT2D eigenvalue weighted by Crippen LogP contribution is -2.19. The average Bonchev–Trinajstić information content (AvgIpc) is 3.05. The molecule has 4 nitrogen and oxygen atoms in total. The van der Waals surface area contributed by atoms with Gasteiger partial charge in [-0.1, -0.05) is 48.2 Å². The molecule has 0 saturated carbocycles. The first-order chi connectivity index (χ1) is 12.2. The van der Waals surface area contributed by atoms with E-state index >= 15 is 0 Å². The summed E-state index contributed by atoms with van der Waals surface area (Å²) in [5, 5.41) is 4.59. The van der Waals surface area contributed by atoms with E-state index in [0.717, 1.165) is 15.6 Å². The Morgan fingerprint density at radius 2 is 2.00 bits per heavy atom. The molecule has 1 N–H and O–H groups in total. The predicted molar refractivity (Wildman–Crippen MR) is 104 cm³/mol. The first-order valence-electron chi connectivity index (χ1n) is 7.74. The molecule has 6 heteroatoms. The van der Waals surface area contributed by atoms with Gasteiger partial charge in [-0.25, -0.2) is 4.98 Å². The molecule has 0 fully saturated rings. The maximum atomic E-state index is 12.9. The standard InChI is InChI=1S/C19H18N2O2S2/c1-13-12-24-19(20-13)25-17(14-7-4-3-5-8-14)18(22)21-15-9-6-10-16(11-15)23-2/h3-12,17H,1-2H3,(H,21,22). The molecule has 1 aromatic heterocycles. The Labute approximate surface area is 155 Å². The number of carbonyl (C=O) groups excluding carboxylic acids is 1. The molecule has 1 unspecified atom stereocenters. The largest absolute Gasteiger partial charge is 0.497 e. The van der Waals surface area contributed by atoms with Gasteiger partial charge in [-0.15, -0.1) is 11.3 Å². The third-order valence-corrected chi connectivity index (χ3v) is 5.84. The number of thiazole rings is 1. The highest BCUT2D eigenvalue weighted by atomic mass is 32.2. The van der Waals surface area contributed by atoms with E-state index in [1.807, 2.05) is 60.8 Å². The van der Waals surface area contributed by atoms with Gasteiger partial charge in [0.05, 0.1) is 7.11 Å². The number of hydrogen-bond acceptors (Lipinski definition) is 5. The molecule has 3 aromatic rings. The Balaban J connectivity index is 1.83. The summed E-state index contributed by atoms with van der Waals surface area (Å²) in [7, 11) is 1.61. The Morgan fingerprint density at radius 3 is 2.68 bits per heavy atom. The average molecular weight is 370 g/mol. The highest BCUT2D eigenvalue weighted by Gasteiger charge is 2.23. The smallest absolute Gasteiger partial charge is 0.242 e. The van der Waals surface area contributed by atoms with E-state index in [9.17, 15) is 4.79 Å². The van der Waals surface area contributed by atoms with Gasteiger partial charge in [0.25, 0.3) is 0 Å². The zero-order valence-electron chi connectivity index (χ0n) is 13.9. The van der Waals surface area contributed by atoms with E-state index in [1.54, 1.807) is 24.5 Å². The van der Waals surface area contributed by atoms with Crippen molar-refractivity contribution in [3.8, 4) is 5.75 Å². The molecule has 1 atom stereocenters. The van der Waals surface area contributed by atoms with E-state index in [0.29, 0.717) is 11.4 Å². The third kappa shape index (κ3) is 4.61. The number of nitrogens with one attached hydrogen (secondary N) is 1. The number of aryl methyl sites for hydroxylation is 1. The summed E-state index contributed by atoms with van der Waals surface area (Å²) >= 11 is 3.02. The zero-order valence-corrected chi connectivity index (χ0v) is 15.6. The van der Waals surface area contributed by atoms with Crippen LogP contribution >= 0.6 is 23.1 Å². The molecule has 0 saturated heterocycles. The molecule has 1 heterocycles. The van der Waals surface area contributed by atoms with Crippen molar-refractivity contribution in [2.45, 2.75) is 16.5 Å². The molecule has 0 spiro atoms. The number of ether oxygens (including phenoxy) is 1. The monoisotopic (exact) mass is 370 g/mol. The molecule has 0 bridgehead atoms. The first-order valence-corrected chi connectivity index (χ1v) is 9.50. The summed E-state index contributed by atoms with van der Waals surface area (Å²) in [6, 6.07) is 17.1. The molecule has 1 amide bonds. The van der Waals surface area contributed by atoms with E-state index in [1.165, 1.54) is 11.8 Å². The Morgan fingerprint density at radius 1 is 1.20 bits per heavy atom. The van der Waals surface area contributed by atoms with Crippen LogP contribution in [0.15, 0.2) is 64.3 Å². The molecule has 0 radical (unpaired) electrons. The Bertz CT molecular complexity index is 849. The molecule has 2 aromatic carbocycles. The maximum Gasteiger partial charge on any atom is 0.242 e. The first kappa shape index (κ1) is 17.5. The van der Waals surface area contributed by atoms with Crippen molar-refractivity contribution in [1.82, 2.24) is 4.98 Å². The van der Waals surface area contributed by atoms with Crippen molar-refractivity contribution in [2.24, 2.45) is 0 Å². The highest BCUT2D eigenvalue weighted by molar-refractivity contribution is 8.01. The van der Waals surface area contributed by atoms with E-state index in [4.69, 9.17) is 4.74 Å². The van der Waals surface area contributed by atoms with Gasteiger partial charge in [-0.3, -0.25) is 4.79 Å². The predicted octanol–water partition coefficient (Wildman–Crippen LogP) is 4.93. The molecule has 0 aliphatic carbocycles. The third-order valence-electron chi connectivity index (χ3n) is 3.49. The SMILES string of the molecule is COc1cccc(NC(=O)C(Sc2nc(C)cs2)c2ccccc2)c1. The number of aromatic nitrogens is 1. The van der Waals surface area contributed by atoms with Crippen molar-refractivity contribution < 1.29 is 9.53 Å². The van der Waals surface area contributed by atoms with E-state index in [-0.39, 0.29) is 11.2 Å². The lowest BCUT2D eigenvalue weighted by atomic mass is 10.1. The zero-order chi connectivity index (χ0) is 17.6. The minimum absolute atomic E-state index is 0.0858. The number of thioether (sulfide) groups is 1. The number of amides is 1. The molecule has 3 rings (SSSR count). The fourth-order valence-electron chi connectivity index (χ4n) is 2.30. The minimum atomic E-state index is -0.377. The van der Waals surface area contributed by atoms with E-state index < -0.39 is 0 Å². The number of nitrogens with zero attached hydrogens (tertiary/aromatic N) is 1. The van der Waals surface area contributed by atoms with Gasteiger partial charge in [0, 0.05) is 22.8 Å². The van der Waals surface area contributed by atoms with E-state index in [2.05, 4.69) is 10.3 Å². The van der Waals surface area contributed by atoms with Gasteiger partial charge in [0.15, 0.2) is 4.34 Å². The normalized spacial score (nSPS) is 11.8. The number of benzene rings is 2. The van der Waals surface area contributed by atoms with Crippen molar-refractivity contribution in [3.63, 3.8) is 0 Å². The number of rotatable bonds is 6. The topological polar surface area (TPSA) is 51.2 Å². The number of anilines is 1. The second-order valence-corrected chi connectivity index (χ2v) is 7.59. The lowest BCUT2D eigenvalue weighted by Gasteiger charge is -2.16. The fraction of sp³-hybridized carbons (Fsp3) is 0.158. The molecule has 128 valence electrons. The summed E-state index contributed by atoms with van der Waals surface area (Å²) in [6.07, 6.45) is 0.